The Labute approximate surface area is 125 Å². The molecule has 116 valence electrons. The summed E-state index contributed by atoms with van der Waals surface area (Å²) < 4.78 is 18.6. The summed E-state index contributed by atoms with van der Waals surface area (Å²) >= 11 is 0. The van der Waals surface area contributed by atoms with E-state index < -0.39 is 0 Å². The van der Waals surface area contributed by atoms with Gasteiger partial charge in [-0.25, -0.2) is 9.18 Å². The molecule has 5 heteroatoms. The number of hydrogen-bond acceptors (Lipinski definition) is 2. The van der Waals surface area contributed by atoms with Crippen LogP contribution in [0.3, 0.4) is 0 Å². The standard InChI is InChI=1S/C16H23FN2O2/c1-2-21-15-11-12(17)9-10-14(15)19-16(20)18-13-7-5-3-4-6-8-13/h9-11,13H,2-8H2,1H3,(H2,18,19,20). The number of halogens is 1. The molecule has 1 fully saturated rings. The van der Waals surface area contributed by atoms with E-state index in [4.69, 9.17) is 4.74 Å². The Balaban J connectivity index is 1.95. The summed E-state index contributed by atoms with van der Waals surface area (Å²) in [5.41, 5.74) is 0.490. The molecule has 0 aromatic heterocycles. The fourth-order valence-corrected chi connectivity index (χ4v) is 2.64. The molecule has 2 N–H and O–H groups in total. The van der Waals surface area contributed by atoms with Crippen molar-refractivity contribution in [2.45, 2.75) is 51.5 Å². The van der Waals surface area contributed by atoms with Crippen LogP contribution in [0.2, 0.25) is 0 Å². The second-order valence-corrected chi connectivity index (χ2v) is 5.36. The molecule has 0 saturated heterocycles. The molecule has 0 spiro atoms. The van der Waals surface area contributed by atoms with Crippen LogP contribution in [0.25, 0.3) is 0 Å². The molecule has 1 aliphatic carbocycles. The van der Waals surface area contributed by atoms with Crippen molar-refractivity contribution in [1.29, 1.82) is 0 Å². The third-order valence-corrected chi connectivity index (χ3v) is 3.68. The van der Waals surface area contributed by atoms with E-state index in [2.05, 4.69) is 10.6 Å². The predicted octanol–water partition coefficient (Wildman–Crippen LogP) is 4.07. The number of urea groups is 1. The largest absolute Gasteiger partial charge is 0.492 e. The lowest BCUT2D eigenvalue weighted by molar-refractivity contribution is 0.247. The second kappa shape index (κ2) is 7.86. The Morgan fingerprint density at radius 3 is 2.67 bits per heavy atom. The van der Waals surface area contributed by atoms with Crippen molar-refractivity contribution in [3.05, 3.63) is 24.0 Å². The molecule has 0 atom stereocenters. The third kappa shape index (κ3) is 4.92. The Hall–Kier alpha value is -1.78. The van der Waals surface area contributed by atoms with Crippen LogP contribution in [0.5, 0.6) is 5.75 Å². The maximum absolute atomic E-state index is 13.2. The van der Waals surface area contributed by atoms with E-state index in [1.54, 1.807) is 0 Å². The molecule has 2 rings (SSSR count). The zero-order chi connectivity index (χ0) is 15.1. The Morgan fingerprint density at radius 2 is 2.00 bits per heavy atom. The molecule has 0 unspecified atom stereocenters. The van der Waals surface area contributed by atoms with Gasteiger partial charge < -0.3 is 15.4 Å². The van der Waals surface area contributed by atoms with E-state index in [1.165, 1.54) is 31.0 Å². The van der Waals surface area contributed by atoms with Crippen LogP contribution in [0, 0.1) is 5.82 Å². The van der Waals surface area contributed by atoms with Gasteiger partial charge in [-0.15, -0.1) is 0 Å². The number of carbonyl (C=O) groups excluding carboxylic acids is 1. The summed E-state index contributed by atoms with van der Waals surface area (Å²) in [6, 6.07) is 4.08. The molecule has 1 aromatic rings. The van der Waals surface area contributed by atoms with Crippen molar-refractivity contribution < 1.29 is 13.9 Å². The lowest BCUT2D eigenvalue weighted by atomic mass is 10.1. The van der Waals surface area contributed by atoms with Crippen molar-refractivity contribution >= 4 is 11.7 Å². The Kier molecular flexibility index (Phi) is 5.84. The molecular weight excluding hydrogens is 271 g/mol. The zero-order valence-electron chi connectivity index (χ0n) is 12.5. The van der Waals surface area contributed by atoms with Crippen LogP contribution >= 0.6 is 0 Å². The molecule has 2 amide bonds. The first-order chi connectivity index (χ1) is 10.2. The van der Waals surface area contributed by atoms with Crippen molar-refractivity contribution in [3.63, 3.8) is 0 Å². The van der Waals surface area contributed by atoms with Crippen molar-refractivity contribution in [2.24, 2.45) is 0 Å². The second-order valence-electron chi connectivity index (χ2n) is 5.36. The Morgan fingerprint density at radius 1 is 1.29 bits per heavy atom. The maximum Gasteiger partial charge on any atom is 0.319 e. The zero-order valence-corrected chi connectivity index (χ0v) is 12.5. The monoisotopic (exact) mass is 294 g/mol. The minimum Gasteiger partial charge on any atom is -0.492 e. The summed E-state index contributed by atoms with van der Waals surface area (Å²) in [4.78, 5) is 12.1. The molecule has 0 aliphatic heterocycles. The number of hydrogen-bond donors (Lipinski definition) is 2. The lowest BCUT2D eigenvalue weighted by Crippen LogP contribution is -2.37. The molecule has 4 nitrogen and oxygen atoms in total. The number of rotatable bonds is 4. The highest BCUT2D eigenvalue weighted by Gasteiger charge is 2.15. The summed E-state index contributed by atoms with van der Waals surface area (Å²) in [7, 11) is 0. The van der Waals surface area contributed by atoms with E-state index in [-0.39, 0.29) is 17.9 Å². The summed E-state index contributed by atoms with van der Waals surface area (Å²) in [5, 5.41) is 5.74. The van der Waals surface area contributed by atoms with Gasteiger partial charge in [-0.2, -0.15) is 0 Å². The average molecular weight is 294 g/mol. The first-order valence-corrected chi connectivity index (χ1v) is 7.69. The van der Waals surface area contributed by atoms with Crippen molar-refractivity contribution in [3.8, 4) is 5.75 Å². The van der Waals surface area contributed by atoms with E-state index in [1.807, 2.05) is 6.92 Å². The topological polar surface area (TPSA) is 50.4 Å². The van der Waals surface area contributed by atoms with Crippen molar-refractivity contribution in [1.82, 2.24) is 5.32 Å². The fraction of sp³-hybridized carbons (Fsp3) is 0.562. The lowest BCUT2D eigenvalue weighted by Gasteiger charge is -2.18. The van der Waals surface area contributed by atoms with Crippen LogP contribution in [0.15, 0.2) is 18.2 Å². The normalized spacial score (nSPS) is 16.1. The number of anilines is 1. The van der Waals surface area contributed by atoms with Gasteiger partial charge in [-0.3, -0.25) is 0 Å². The molecular formula is C16H23FN2O2. The first kappa shape index (κ1) is 15.6. The summed E-state index contributed by atoms with van der Waals surface area (Å²) in [6.07, 6.45) is 6.85. The highest BCUT2D eigenvalue weighted by molar-refractivity contribution is 5.91. The van der Waals surface area contributed by atoms with Crippen molar-refractivity contribution in [2.75, 3.05) is 11.9 Å². The van der Waals surface area contributed by atoms with Gasteiger partial charge in [0.2, 0.25) is 0 Å². The van der Waals surface area contributed by atoms with E-state index in [9.17, 15) is 9.18 Å². The molecule has 0 radical (unpaired) electrons. The van der Waals surface area contributed by atoms with Gasteiger partial charge in [0.15, 0.2) is 0 Å². The van der Waals surface area contributed by atoms with Gasteiger partial charge in [0.25, 0.3) is 0 Å². The molecule has 0 bridgehead atoms. The molecule has 1 aliphatic rings. The first-order valence-electron chi connectivity index (χ1n) is 7.69. The molecule has 1 aromatic carbocycles. The minimum absolute atomic E-state index is 0.225. The van der Waals surface area contributed by atoms with Gasteiger partial charge in [-0.1, -0.05) is 25.7 Å². The van der Waals surface area contributed by atoms with Gasteiger partial charge >= 0.3 is 6.03 Å². The number of ether oxygens (including phenoxy) is 1. The van der Waals surface area contributed by atoms with E-state index in [0.29, 0.717) is 18.0 Å². The van der Waals surface area contributed by atoms with Crippen LogP contribution in [0.1, 0.15) is 45.4 Å². The molecule has 21 heavy (non-hydrogen) atoms. The van der Waals surface area contributed by atoms with Crippen LogP contribution < -0.4 is 15.4 Å². The number of amides is 2. The van der Waals surface area contributed by atoms with Gasteiger partial charge in [-0.05, 0) is 31.9 Å². The molecule has 1 saturated carbocycles. The van der Waals surface area contributed by atoms with Crippen LogP contribution in [-0.2, 0) is 0 Å². The Bertz CT molecular complexity index is 471. The average Bonchev–Trinajstić information content (AvgIpc) is 2.71. The van der Waals surface area contributed by atoms with E-state index in [0.717, 1.165) is 25.7 Å². The smallest absolute Gasteiger partial charge is 0.319 e. The number of benzene rings is 1. The van der Waals surface area contributed by atoms with Crippen LogP contribution in [-0.4, -0.2) is 18.7 Å². The van der Waals surface area contributed by atoms with Crippen LogP contribution in [0.4, 0.5) is 14.9 Å². The third-order valence-electron chi connectivity index (χ3n) is 3.68. The number of carbonyl (C=O) groups is 1. The van der Waals surface area contributed by atoms with E-state index >= 15 is 0 Å². The quantitative estimate of drug-likeness (QED) is 0.822. The maximum atomic E-state index is 13.2. The molecule has 0 heterocycles. The number of nitrogens with one attached hydrogen (secondary N) is 2. The fourth-order valence-electron chi connectivity index (χ4n) is 2.64. The van der Waals surface area contributed by atoms with Gasteiger partial charge in [0, 0.05) is 12.1 Å². The minimum atomic E-state index is -0.381. The predicted molar refractivity (Wildman–Crippen MR) is 81.2 cm³/mol. The highest BCUT2D eigenvalue weighted by Crippen LogP contribution is 2.25. The van der Waals surface area contributed by atoms with Gasteiger partial charge in [0.1, 0.15) is 11.6 Å². The summed E-state index contributed by atoms with van der Waals surface area (Å²) in [6.45, 7) is 2.24. The SMILES string of the molecule is CCOc1cc(F)ccc1NC(=O)NC1CCCCCC1. The highest BCUT2D eigenvalue weighted by atomic mass is 19.1. The summed E-state index contributed by atoms with van der Waals surface area (Å²) in [5.74, 6) is -0.0262. The van der Waals surface area contributed by atoms with Gasteiger partial charge in [0.05, 0.1) is 12.3 Å².